The van der Waals surface area contributed by atoms with Gasteiger partial charge in [0.25, 0.3) is 5.56 Å². The maximum absolute atomic E-state index is 13.8. The summed E-state index contributed by atoms with van der Waals surface area (Å²) in [7, 11) is 3.25. The molecule has 0 saturated heterocycles. The lowest BCUT2D eigenvalue weighted by Crippen LogP contribution is -2.38. The number of aromatic nitrogens is 2. The van der Waals surface area contributed by atoms with Crippen LogP contribution in [0.1, 0.15) is 34.7 Å². The smallest absolute Gasteiger partial charge is 0.271 e. The van der Waals surface area contributed by atoms with Gasteiger partial charge in [-0.2, -0.15) is 0 Å². The molecule has 0 bridgehead atoms. The molecule has 1 aliphatic carbocycles. The van der Waals surface area contributed by atoms with Gasteiger partial charge < -0.3 is 9.47 Å². The van der Waals surface area contributed by atoms with Gasteiger partial charge in [-0.25, -0.2) is 4.99 Å². The van der Waals surface area contributed by atoms with E-state index in [1.807, 2.05) is 41.0 Å². The number of aryl methyl sites for hydroxylation is 1. The molecule has 0 spiro atoms. The fraction of sp³-hybridized carbons (Fsp3) is 0.179. The molecular formula is C28H23N3O3S. The predicted octanol–water partition coefficient (Wildman–Crippen LogP) is 3.73. The minimum Gasteiger partial charge on any atom is -0.493 e. The number of benzene rings is 2. The zero-order valence-electron chi connectivity index (χ0n) is 19.4. The highest BCUT2D eigenvalue weighted by molar-refractivity contribution is 7.07. The maximum Gasteiger partial charge on any atom is 0.271 e. The number of ether oxygens (including phenoxy) is 2. The van der Waals surface area contributed by atoms with E-state index in [-0.39, 0.29) is 11.6 Å². The molecule has 2 aromatic heterocycles. The van der Waals surface area contributed by atoms with Gasteiger partial charge in [0.2, 0.25) is 0 Å². The number of pyridine rings is 1. The molecule has 0 radical (unpaired) electrons. The van der Waals surface area contributed by atoms with Crippen LogP contribution < -0.4 is 24.4 Å². The Morgan fingerprint density at radius 2 is 1.80 bits per heavy atom. The summed E-state index contributed by atoms with van der Waals surface area (Å²) < 4.78 is 13.6. The lowest BCUT2D eigenvalue weighted by molar-refractivity contribution is 0.354. The van der Waals surface area contributed by atoms with E-state index in [1.54, 1.807) is 26.6 Å². The quantitative estimate of drug-likeness (QED) is 0.446. The Labute approximate surface area is 206 Å². The largest absolute Gasteiger partial charge is 0.493 e. The van der Waals surface area contributed by atoms with Crippen LogP contribution in [0.4, 0.5) is 0 Å². The third kappa shape index (κ3) is 3.59. The lowest BCUT2D eigenvalue weighted by atomic mass is 9.83. The Morgan fingerprint density at radius 3 is 2.60 bits per heavy atom. The second-order valence-electron chi connectivity index (χ2n) is 8.51. The van der Waals surface area contributed by atoms with E-state index in [0.717, 1.165) is 40.8 Å². The van der Waals surface area contributed by atoms with Crippen LogP contribution >= 0.6 is 11.3 Å². The molecule has 2 aromatic carbocycles. The monoisotopic (exact) mass is 481 g/mol. The highest BCUT2D eigenvalue weighted by atomic mass is 32.1. The summed E-state index contributed by atoms with van der Waals surface area (Å²) in [5.74, 6) is 1.30. The minimum absolute atomic E-state index is 0.0456. The molecule has 0 amide bonds. The second kappa shape index (κ2) is 8.67. The number of rotatable bonds is 4. The summed E-state index contributed by atoms with van der Waals surface area (Å²) in [6.45, 7) is 0. The van der Waals surface area contributed by atoms with E-state index in [0.29, 0.717) is 20.8 Å². The molecular weight excluding hydrogens is 458 g/mol. The summed E-state index contributed by atoms with van der Waals surface area (Å²) in [5, 5.41) is 0. The van der Waals surface area contributed by atoms with Crippen LogP contribution in [0.3, 0.4) is 0 Å². The van der Waals surface area contributed by atoms with E-state index in [1.165, 1.54) is 16.9 Å². The normalized spacial score (nSPS) is 16.7. The predicted molar refractivity (Wildman–Crippen MR) is 137 cm³/mol. The molecule has 7 heteroatoms. The van der Waals surface area contributed by atoms with Gasteiger partial charge in [-0.3, -0.25) is 14.3 Å². The first kappa shape index (κ1) is 21.6. The van der Waals surface area contributed by atoms with Crippen molar-refractivity contribution in [2.75, 3.05) is 14.2 Å². The number of thiazole rings is 1. The van der Waals surface area contributed by atoms with Gasteiger partial charge in [0.15, 0.2) is 16.3 Å². The van der Waals surface area contributed by atoms with Gasteiger partial charge in [0.1, 0.15) is 0 Å². The molecule has 3 heterocycles. The average Bonchev–Trinajstić information content (AvgIpc) is 3.21. The second-order valence-corrected chi connectivity index (χ2v) is 9.52. The SMILES string of the molecule is COc1ccc(C2C3=C(N=c4s/c(=C\c5ccncc5)c(=O)n42)c2ccccc2CC3)cc1OC. The standard InChI is InChI=1S/C28H23N3O3S/c1-33-22-10-8-19(16-23(22)34-2)26-21-9-7-18-5-3-4-6-20(18)25(21)30-28-31(26)27(32)24(35-28)15-17-11-13-29-14-12-17/h3-6,8,10-16,26H,7,9H2,1-2H3/b24-15-. The summed E-state index contributed by atoms with van der Waals surface area (Å²) in [6, 6.07) is 17.8. The van der Waals surface area contributed by atoms with Crippen molar-refractivity contribution in [3.63, 3.8) is 0 Å². The number of fused-ring (bicyclic) bond motifs is 3. The van der Waals surface area contributed by atoms with Crippen LogP contribution in [-0.2, 0) is 6.42 Å². The van der Waals surface area contributed by atoms with Gasteiger partial charge in [-0.1, -0.05) is 41.7 Å². The highest BCUT2D eigenvalue weighted by Crippen LogP contribution is 2.42. The summed E-state index contributed by atoms with van der Waals surface area (Å²) in [4.78, 5) is 23.6. The number of allylic oxidation sites excluding steroid dienone is 1. The first-order valence-corrected chi connectivity index (χ1v) is 12.2. The fourth-order valence-electron chi connectivity index (χ4n) is 4.96. The van der Waals surface area contributed by atoms with Crippen molar-refractivity contribution < 1.29 is 9.47 Å². The Morgan fingerprint density at radius 1 is 1.00 bits per heavy atom. The topological polar surface area (TPSA) is 65.7 Å². The van der Waals surface area contributed by atoms with E-state index < -0.39 is 0 Å². The van der Waals surface area contributed by atoms with Crippen LogP contribution in [0.25, 0.3) is 11.8 Å². The van der Waals surface area contributed by atoms with Crippen LogP contribution in [0.5, 0.6) is 11.5 Å². The van der Waals surface area contributed by atoms with Gasteiger partial charge in [0, 0.05) is 18.0 Å². The summed E-state index contributed by atoms with van der Waals surface area (Å²) in [6.07, 6.45) is 7.11. The van der Waals surface area contributed by atoms with Gasteiger partial charge >= 0.3 is 0 Å². The Hall–Kier alpha value is -3.97. The molecule has 6 rings (SSSR count). The molecule has 0 fully saturated rings. The molecule has 1 atom stereocenters. The molecule has 1 aliphatic heterocycles. The first-order chi connectivity index (χ1) is 17.2. The van der Waals surface area contributed by atoms with Crippen molar-refractivity contribution in [1.29, 1.82) is 0 Å². The zero-order chi connectivity index (χ0) is 23.9. The van der Waals surface area contributed by atoms with Crippen molar-refractivity contribution >= 4 is 23.1 Å². The Balaban J connectivity index is 1.63. The fourth-order valence-corrected chi connectivity index (χ4v) is 5.96. The van der Waals surface area contributed by atoms with Crippen LogP contribution in [-0.4, -0.2) is 23.8 Å². The van der Waals surface area contributed by atoms with Crippen LogP contribution in [0.15, 0.2) is 82.4 Å². The minimum atomic E-state index is -0.269. The molecule has 0 N–H and O–H groups in total. The van der Waals surface area contributed by atoms with E-state index in [4.69, 9.17) is 14.5 Å². The third-order valence-corrected chi connectivity index (χ3v) is 7.58. The lowest BCUT2D eigenvalue weighted by Gasteiger charge is -2.31. The molecule has 6 nitrogen and oxygen atoms in total. The Bertz CT molecular complexity index is 1650. The van der Waals surface area contributed by atoms with E-state index in [9.17, 15) is 4.79 Å². The van der Waals surface area contributed by atoms with Crippen molar-refractivity contribution in [2.45, 2.75) is 18.9 Å². The van der Waals surface area contributed by atoms with Gasteiger partial charge in [0.05, 0.1) is 30.5 Å². The number of methoxy groups -OCH3 is 2. The molecule has 4 aromatic rings. The average molecular weight is 482 g/mol. The zero-order valence-corrected chi connectivity index (χ0v) is 20.2. The third-order valence-electron chi connectivity index (χ3n) is 6.60. The van der Waals surface area contributed by atoms with Crippen molar-refractivity contribution in [1.82, 2.24) is 9.55 Å². The molecule has 174 valence electrons. The van der Waals surface area contributed by atoms with Gasteiger partial charge in [-0.05, 0) is 65.4 Å². The summed E-state index contributed by atoms with van der Waals surface area (Å²) in [5.41, 5.74) is 6.42. The highest BCUT2D eigenvalue weighted by Gasteiger charge is 2.33. The van der Waals surface area contributed by atoms with Crippen molar-refractivity contribution in [3.05, 3.63) is 115 Å². The molecule has 35 heavy (non-hydrogen) atoms. The van der Waals surface area contributed by atoms with Crippen molar-refractivity contribution in [2.24, 2.45) is 4.99 Å². The van der Waals surface area contributed by atoms with E-state index >= 15 is 0 Å². The van der Waals surface area contributed by atoms with Crippen molar-refractivity contribution in [3.8, 4) is 11.5 Å². The molecule has 1 unspecified atom stereocenters. The van der Waals surface area contributed by atoms with E-state index in [2.05, 4.69) is 29.2 Å². The molecule has 2 aliphatic rings. The summed E-state index contributed by atoms with van der Waals surface area (Å²) >= 11 is 1.42. The maximum atomic E-state index is 13.8. The molecule has 0 saturated carbocycles. The number of hydrogen-bond acceptors (Lipinski definition) is 6. The number of hydrogen-bond donors (Lipinski definition) is 0. The number of nitrogens with zero attached hydrogens (tertiary/aromatic N) is 3. The first-order valence-electron chi connectivity index (χ1n) is 11.4. The Kier molecular flexibility index (Phi) is 5.34. The van der Waals surface area contributed by atoms with Crippen LogP contribution in [0, 0.1) is 0 Å². The van der Waals surface area contributed by atoms with Crippen LogP contribution in [0.2, 0.25) is 0 Å². The van der Waals surface area contributed by atoms with Gasteiger partial charge in [-0.15, -0.1) is 0 Å².